The van der Waals surface area contributed by atoms with Crippen molar-refractivity contribution in [1.29, 1.82) is 0 Å². The molecule has 0 saturated heterocycles. The Labute approximate surface area is 218 Å². The topological polar surface area (TPSA) is 104 Å². The third-order valence-corrected chi connectivity index (χ3v) is 8.38. The Kier molecular flexibility index (Phi) is 7.97. The van der Waals surface area contributed by atoms with E-state index in [1.807, 2.05) is 19.9 Å². The molecule has 1 aliphatic rings. The molecule has 0 unspecified atom stereocenters. The molecule has 3 N–H and O–H groups in total. The summed E-state index contributed by atoms with van der Waals surface area (Å²) in [5, 5.41) is 5.87. The highest BCUT2D eigenvalue weighted by Crippen LogP contribution is 2.24. The van der Waals surface area contributed by atoms with Crippen LogP contribution < -0.4 is 15.4 Å². The number of hydrogen-bond acceptors (Lipinski definition) is 4. The molecule has 0 spiro atoms. The molecule has 1 fully saturated rings. The van der Waals surface area contributed by atoms with Gasteiger partial charge in [-0.1, -0.05) is 43.5 Å². The predicted octanol–water partition coefficient (Wildman–Crippen LogP) is 5.73. The zero-order valence-electron chi connectivity index (χ0n) is 21.4. The fourth-order valence-corrected chi connectivity index (χ4v) is 5.86. The molecule has 3 aromatic rings. The van der Waals surface area contributed by atoms with Gasteiger partial charge in [-0.3, -0.25) is 14.3 Å². The summed E-state index contributed by atoms with van der Waals surface area (Å²) in [6, 6.07) is 16.8. The predicted molar refractivity (Wildman–Crippen MR) is 147 cm³/mol. The number of anilines is 2. The fourth-order valence-electron chi connectivity index (χ4n) is 4.54. The number of nitrogens with one attached hydrogen (secondary N) is 3. The zero-order valence-corrected chi connectivity index (χ0v) is 22.2. The van der Waals surface area contributed by atoms with Gasteiger partial charge in [-0.05, 0) is 86.7 Å². The number of rotatable bonds is 7. The van der Waals surface area contributed by atoms with Crippen LogP contribution in [-0.4, -0.2) is 26.3 Å². The van der Waals surface area contributed by atoms with Gasteiger partial charge in [0.05, 0.1) is 16.1 Å². The summed E-state index contributed by atoms with van der Waals surface area (Å²) in [5.41, 5.74) is 3.92. The number of hydrogen-bond donors (Lipinski definition) is 3. The van der Waals surface area contributed by atoms with Crippen LogP contribution in [-0.2, 0) is 10.0 Å². The molecule has 0 radical (unpaired) electrons. The summed E-state index contributed by atoms with van der Waals surface area (Å²) in [6.07, 6.45) is 5.29. The Bertz CT molecular complexity index is 1430. The molecule has 2 amide bonds. The van der Waals surface area contributed by atoms with E-state index in [2.05, 4.69) is 15.4 Å². The minimum Gasteiger partial charge on any atom is -0.349 e. The van der Waals surface area contributed by atoms with Gasteiger partial charge in [-0.15, -0.1) is 0 Å². The van der Waals surface area contributed by atoms with Crippen LogP contribution >= 0.6 is 0 Å². The van der Waals surface area contributed by atoms with Crippen LogP contribution in [0.4, 0.5) is 11.4 Å². The summed E-state index contributed by atoms with van der Waals surface area (Å²) in [5.74, 6) is -0.729. The van der Waals surface area contributed by atoms with E-state index in [-0.39, 0.29) is 22.4 Å². The zero-order chi connectivity index (χ0) is 26.6. The van der Waals surface area contributed by atoms with Crippen LogP contribution in [0.25, 0.3) is 0 Å². The fraction of sp³-hybridized carbons (Fsp3) is 0.310. The SMILES string of the molecule is Cc1ccc(NS(=O)(=O)c2cc(C(=O)Nc3ccccc3C(=O)NC3CCCCC3)ccc2C)cc1C. The molecule has 0 atom stereocenters. The van der Waals surface area contributed by atoms with E-state index in [0.717, 1.165) is 36.8 Å². The van der Waals surface area contributed by atoms with Gasteiger partial charge in [0.1, 0.15) is 0 Å². The van der Waals surface area contributed by atoms with Crippen molar-refractivity contribution in [2.75, 3.05) is 10.0 Å². The van der Waals surface area contributed by atoms with Crippen LogP contribution in [0.15, 0.2) is 65.6 Å². The van der Waals surface area contributed by atoms with E-state index in [0.29, 0.717) is 22.5 Å². The Morgan fingerprint density at radius 3 is 2.22 bits per heavy atom. The molecule has 0 aromatic heterocycles. The normalized spacial score (nSPS) is 14.1. The molecule has 1 saturated carbocycles. The Morgan fingerprint density at radius 1 is 0.784 bits per heavy atom. The largest absolute Gasteiger partial charge is 0.349 e. The molecule has 0 aliphatic heterocycles. The van der Waals surface area contributed by atoms with Gasteiger partial charge < -0.3 is 10.6 Å². The van der Waals surface area contributed by atoms with Crippen molar-refractivity contribution in [3.05, 3.63) is 88.5 Å². The summed E-state index contributed by atoms with van der Waals surface area (Å²) in [4.78, 5) is 26.1. The minimum absolute atomic E-state index is 0.0155. The third kappa shape index (κ3) is 6.38. The molecule has 8 heteroatoms. The van der Waals surface area contributed by atoms with Gasteiger partial charge in [0, 0.05) is 17.3 Å². The first-order valence-electron chi connectivity index (χ1n) is 12.6. The summed E-state index contributed by atoms with van der Waals surface area (Å²) >= 11 is 0. The Morgan fingerprint density at radius 2 is 1.49 bits per heavy atom. The molecule has 7 nitrogen and oxygen atoms in total. The van der Waals surface area contributed by atoms with Crippen molar-refractivity contribution in [3.63, 3.8) is 0 Å². The quantitative estimate of drug-likeness (QED) is 0.371. The molecule has 37 heavy (non-hydrogen) atoms. The van der Waals surface area contributed by atoms with Crippen molar-refractivity contribution in [1.82, 2.24) is 5.32 Å². The van der Waals surface area contributed by atoms with Crippen molar-refractivity contribution < 1.29 is 18.0 Å². The highest BCUT2D eigenvalue weighted by molar-refractivity contribution is 7.92. The lowest BCUT2D eigenvalue weighted by atomic mass is 9.95. The third-order valence-electron chi connectivity index (χ3n) is 6.86. The molecule has 3 aromatic carbocycles. The van der Waals surface area contributed by atoms with Crippen molar-refractivity contribution in [2.24, 2.45) is 0 Å². The van der Waals surface area contributed by atoms with Gasteiger partial charge in [0.2, 0.25) is 0 Å². The Balaban J connectivity index is 1.54. The maximum Gasteiger partial charge on any atom is 0.262 e. The van der Waals surface area contributed by atoms with Crippen LogP contribution in [0.2, 0.25) is 0 Å². The number of amides is 2. The van der Waals surface area contributed by atoms with Gasteiger partial charge in [0.25, 0.3) is 21.8 Å². The highest BCUT2D eigenvalue weighted by Gasteiger charge is 2.22. The van der Waals surface area contributed by atoms with E-state index in [1.165, 1.54) is 12.5 Å². The van der Waals surface area contributed by atoms with Crippen molar-refractivity contribution in [3.8, 4) is 0 Å². The average molecular weight is 520 g/mol. The second kappa shape index (κ2) is 11.2. The van der Waals surface area contributed by atoms with E-state index in [1.54, 1.807) is 55.5 Å². The highest BCUT2D eigenvalue weighted by atomic mass is 32.2. The standard InChI is InChI=1S/C29H33N3O4S/c1-19-14-16-24(17-21(19)3)32-37(35,36)27-18-22(15-13-20(27)2)28(33)31-26-12-8-7-11-25(26)29(34)30-23-9-5-4-6-10-23/h7-8,11-18,23,32H,4-6,9-10H2,1-3H3,(H,30,34)(H,31,33). The molecule has 0 heterocycles. The van der Waals surface area contributed by atoms with Crippen LogP contribution in [0, 0.1) is 20.8 Å². The number of para-hydroxylation sites is 1. The smallest absolute Gasteiger partial charge is 0.262 e. The lowest BCUT2D eigenvalue weighted by molar-refractivity contribution is 0.0928. The lowest BCUT2D eigenvalue weighted by Gasteiger charge is -2.23. The van der Waals surface area contributed by atoms with Gasteiger partial charge in [0.15, 0.2) is 0 Å². The van der Waals surface area contributed by atoms with E-state index in [4.69, 9.17) is 0 Å². The minimum atomic E-state index is -3.93. The molecule has 4 rings (SSSR count). The molecule has 194 valence electrons. The lowest BCUT2D eigenvalue weighted by Crippen LogP contribution is -2.36. The van der Waals surface area contributed by atoms with Crippen LogP contribution in [0.3, 0.4) is 0 Å². The first kappa shape index (κ1) is 26.4. The van der Waals surface area contributed by atoms with Crippen molar-refractivity contribution >= 4 is 33.2 Å². The number of aryl methyl sites for hydroxylation is 3. The Hall–Kier alpha value is -3.65. The summed E-state index contributed by atoms with van der Waals surface area (Å²) < 4.78 is 29.0. The number of carbonyl (C=O) groups excluding carboxylic acids is 2. The maximum atomic E-state index is 13.2. The van der Waals surface area contributed by atoms with Gasteiger partial charge >= 0.3 is 0 Å². The number of sulfonamides is 1. The molecule has 0 bridgehead atoms. The number of benzene rings is 3. The van der Waals surface area contributed by atoms with E-state index >= 15 is 0 Å². The maximum absolute atomic E-state index is 13.2. The first-order valence-corrected chi connectivity index (χ1v) is 14.0. The second-order valence-electron chi connectivity index (χ2n) is 9.69. The molecular weight excluding hydrogens is 486 g/mol. The van der Waals surface area contributed by atoms with Crippen LogP contribution in [0.1, 0.15) is 69.5 Å². The average Bonchev–Trinajstić information content (AvgIpc) is 2.87. The second-order valence-corrected chi connectivity index (χ2v) is 11.3. The molecular formula is C29H33N3O4S. The van der Waals surface area contributed by atoms with E-state index < -0.39 is 15.9 Å². The summed E-state index contributed by atoms with van der Waals surface area (Å²) in [7, 11) is -3.93. The summed E-state index contributed by atoms with van der Waals surface area (Å²) in [6.45, 7) is 5.55. The van der Waals surface area contributed by atoms with E-state index in [9.17, 15) is 18.0 Å². The number of carbonyl (C=O) groups is 2. The van der Waals surface area contributed by atoms with Crippen LogP contribution in [0.5, 0.6) is 0 Å². The van der Waals surface area contributed by atoms with Gasteiger partial charge in [-0.25, -0.2) is 8.42 Å². The first-order chi connectivity index (χ1) is 17.6. The van der Waals surface area contributed by atoms with Gasteiger partial charge in [-0.2, -0.15) is 0 Å². The van der Waals surface area contributed by atoms with Crippen molar-refractivity contribution in [2.45, 2.75) is 63.8 Å². The monoisotopic (exact) mass is 519 g/mol. The molecule has 1 aliphatic carbocycles.